The van der Waals surface area contributed by atoms with Crippen molar-refractivity contribution in [1.29, 1.82) is 0 Å². The number of Topliss-reactive ketones (excluding diaryl/α,β-unsaturated/α-hetero) is 1. The molecule has 1 saturated heterocycles. The van der Waals surface area contributed by atoms with Crippen molar-refractivity contribution in [3.05, 3.63) is 35.3 Å². The van der Waals surface area contributed by atoms with E-state index in [1.165, 1.54) is 20.1 Å². The second kappa shape index (κ2) is 15.3. The molecule has 3 aliphatic rings. The minimum atomic E-state index is -1.94. The van der Waals surface area contributed by atoms with E-state index >= 15 is 0 Å². The van der Waals surface area contributed by atoms with Gasteiger partial charge in [-0.2, -0.15) is 0 Å². The number of carbonyl (C=O) groups is 4. The molecule has 0 bridgehead atoms. The molecule has 274 valence electrons. The van der Waals surface area contributed by atoms with E-state index in [-0.39, 0.29) is 48.0 Å². The summed E-state index contributed by atoms with van der Waals surface area (Å²) in [5, 5.41) is 37.0. The Morgan fingerprint density at radius 2 is 1.90 bits per heavy atom. The Bertz CT molecular complexity index is 1410. The second-order valence-corrected chi connectivity index (χ2v) is 15.7. The van der Waals surface area contributed by atoms with Crippen LogP contribution in [0, 0.1) is 22.7 Å². The summed E-state index contributed by atoms with van der Waals surface area (Å²) in [7, 11) is 0. The van der Waals surface area contributed by atoms with Gasteiger partial charge in [-0.25, -0.2) is 0 Å². The molecule has 0 spiro atoms. The third kappa shape index (κ3) is 7.51. The van der Waals surface area contributed by atoms with Crippen LogP contribution in [-0.4, -0.2) is 86.8 Å². The Kier molecular flexibility index (Phi) is 12.2. The topological polar surface area (TPSA) is 182 Å². The van der Waals surface area contributed by atoms with Crippen molar-refractivity contribution in [1.82, 2.24) is 5.32 Å². The number of aliphatic hydroxyl groups excluding tert-OH is 2. The van der Waals surface area contributed by atoms with Gasteiger partial charge in [0.2, 0.25) is 0 Å². The summed E-state index contributed by atoms with van der Waals surface area (Å²) in [4.78, 5) is 53.7. The number of thioether (sulfide) groups is 1. The lowest BCUT2D eigenvalue weighted by molar-refractivity contribution is -0.221. The average Bonchev–Trinajstić information content (AvgIpc) is 3.54. The molecular weight excluding hydrogens is 654 g/mol. The van der Waals surface area contributed by atoms with E-state index in [1.807, 2.05) is 13.8 Å². The van der Waals surface area contributed by atoms with E-state index in [0.717, 1.165) is 24.6 Å². The molecule has 3 unspecified atom stereocenters. The number of esters is 2. The maximum absolute atomic E-state index is 14.8. The van der Waals surface area contributed by atoms with E-state index in [2.05, 4.69) is 5.32 Å². The van der Waals surface area contributed by atoms with Crippen LogP contribution in [0.2, 0.25) is 0 Å². The quantitative estimate of drug-likeness (QED) is 0.127. The molecule has 10 atom stereocenters. The minimum Gasteiger partial charge on any atom is -0.467 e. The van der Waals surface area contributed by atoms with Gasteiger partial charge in [0, 0.05) is 36.9 Å². The van der Waals surface area contributed by atoms with Crippen LogP contribution in [0.15, 0.2) is 34.0 Å². The van der Waals surface area contributed by atoms with Gasteiger partial charge in [-0.05, 0) is 56.4 Å². The largest absolute Gasteiger partial charge is 0.467 e. The monoisotopic (exact) mass is 707 g/mol. The Hall–Kier alpha value is -2.71. The highest BCUT2D eigenvalue weighted by atomic mass is 32.2. The van der Waals surface area contributed by atoms with E-state index < -0.39 is 64.6 Å². The van der Waals surface area contributed by atoms with Crippen LogP contribution in [0.3, 0.4) is 0 Å². The van der Waals surface area contributed by atoms with Crippen LogP contribution in [0.1, 0.15) is 99.3 Å². The molecule has 4 rings (SSSR count). The summed E-state index contributed by atoms with van der Waals surface area (Å²) in [6.45, 7) is 13.6. The molecule has 2 heterocycles. The molecule has 4 N–H and O–H groups in total. The zero-order chi connectivity index (χ0) is 36.5. The maximum Gasteiger partial charge on any atom is 0.308 e. The number of ketones is 1. The molecule has 0 aromatic carbocycles. The Labute approximate surface area is 292 Å². The molecule has 12 nitrogen and oxygen atoms in total. The van der Waals surface area contributed by atoms with Crippen LogP contribution in [-0.2, 0) is 28.6 Å². The van der Waals surface area contributed by atoms with E-state index in [4.69, 9.17) is 18.6 Å². The molecule has 0 radical (unpaired) electrons. The Morgan fingerprint density at radius 3 is 2.45 bits per heavy atom. The summed E-state index contributed by atoms with van der Waals surface area (Å²) in [6.07, 6.45) is -2.39. The van der Waals surface area contributed by atoms with Crippen molar-refractivity contribution in [3.63, 3.8) is 0 Å². The highest BCUT2D eigenvalue weighted by molar-refractivity contribution is 8.13. The number of hydrogen-bond donors (Lipinski definition) is 4. The van der Waals surface area contributed by atoms with Gasteiger partial charge in [-0.1, -0.05) is 45.9 Å². The van der Waals surface area contributed by atoms with Gasteiger partial charge in [0.25, 0.3) is 5.24 Å². The highest BCUT2D eigenvalue weighted by Gasteiger charge is 2.63. The predicted octanol–water partition coefficient (Wildman–Crippen LogP) is 4.65. The van der Waals surface area contributed by atoms with Crippen molar-refractivity contribution in [2.24, 2.45) is 22.7 Å². The number of unbranched alkanes of at least 4 members (excludes halogenated alkanes) is 1. The van der Waals surface area contributed by atoms with Crippen molar-refractivity contribution >= 4 is 34.7 Å². The summed E-state index contributed by atoms with van der Waals surface area (Å²) in [5.74, 6) is -1.36. The third-order valence-electron chi connectivity index (χ3n) is 11.4. The van der Waals surface area contributed by atoms with E-state index in [1.54, 1.807) is 39.8 Å². The standard InChI is InChI=1S/C36H53NO11S/c1-9-10-14-49-33(43)37-24(25-12-11-13-45-25)15-29(41)48-27-17-36(44,21(4)38)34(6,7)30(19(27)2)31(47-22(5)39)32(42)35(8)20(3)23-18-46-26(23)16-28(35)40/h11-13,20-21,23-24,26-28,31,38,40,44H,9-10,14-18H2,1-8H3,(H,37,43)/t20?,21-,23?,24+,26+,27-,28-,31?,35-,36+/m0/s1. The lowest BCUT2D eigenvalue weighted by Gasteiger charge is -2.56. The van der Waals surface area contributed by atoms with E-state index in [0.29, 0.717) is 23.7 Å². The molecule has 1 aromatic rings. The number of aliphatic hydroxyl groups is 3. The highest BCUT2D eigenvalue weighted by Crippen LogP contribution is 2.55. The fourth-order valence-electron chi connectivity index (χ4n) is 7.87. The molecule has 1 aromatic heterocycles. The first-order chi connectivity index (χ1) is 22.9. The number of furan rings is 1. The maximum atomic E-state index is 14.8. The molecular formula is C36H53NO11S. The van der Waals surface area contributed by atoms with Crippen molar-refractivity contribution in [2.45, 2.75) is 130 Å². The van der Waals surface area contributed by atoms with Crippen LogP contribution < -0.4 is 5.32 Å². The SMILES string of the molecule is CCCCSC(=O)N[C@H](CC(=O)O[C@H]1C[C@@](O)([C@H](C)O)C(C)(C)C(C(OC(C)=O)C(=O)[C@@]2(C)C(C)C3CO[C@@H]3C[C@@H]2O)=C1C)c1ccco1. The fraction of sp³-hybridized carbons (Fsp3) is 0.722. The first kappa shape index (κ1) is 39.1. The molecule has 1 saturated carbocycles. The summed E-state index contributed by atoms with van der Waals surface area (Å²) < 4.78 is 22.9. The smallest absolute Gasteiger partial charge is 0.308 e. The molecule has 1 aliphatic heterocycles. The van der Waals surface area contributed by atoms with Crippen LogP contribution in [0.25, 0.3) is 0 Å². The van der Waals surface area contributed by atoms with Gasteiger partial charge in [-0.15, -0.1) is 0 Å². The van der Waals surface area contributed by atoms with Gasteiger partial charge in [0.1, 0.15) is 17.5 Å². The average molecular weight is 708 g/mol. The Balaban J connectivity index is 1.71. The first-order valence-electron chi connectivity index (χ1n) is 17.2. The molecule has 49 heavy (non-hydrogen) atoms. The third-order valence-corrected chi connectivity index (χ3v) is 12.3. The number of carbonyl (C=O) groups excluding carboxylic acids is 4. The van der Waals surface area contributed by atoms with Crippen LogP contribution in [0.5, 0.6) is 0 Å². The Morgan fingerprint density at radius 1 is 1.20 bits per heavy atom. The van der Waals surface area contributed by atoms with Gasteiger partial charge >= 0.3 is 11.9 Å². The summed E-state index contributed by atoms with van der Waals surface area (Å²) in [5.41, 5.74) is -4.09. The second-order valence-electron chi connectivity index (χ2n) is 14.6. The van der Waals surface area contributed by atoms with Gasteiger partial charge < -0.3 is 39.3 Å². The molecule has 13 heteroatoms. The van der Waals surface area contributed by atoms with Gasteiger partial charge in [0.15, 0.2) is 11.9 Å². The molecule has 2 aliphatic carbocycles. The zero-order valence-corrected chi connectivity index (χ0v) is 30.6. The van der Waals surface area contributed by atoms with Crippen molar-refractivity contribution < 1.29 is 53.1 Å². The number of fused-ring (bicyclic) bond motifs is 1. The lowest BCUT2D eigenvalue weighted by atomic mass is 9.53. The number of hydrogen-bond acceptors (Lipinski definition) is 12. The van der Waals surface area contributed by atoms with Crippen molar-refractivity contribution in [3.8, 4) is 0 Å². The van der Waals surface area contributed by atoms with E-state index in [9.17, 15) is 34.5 Å². The number of amides is 1. The summed E-state index contributed by atoms with van der Waals surface area (Å²) >= 11 is 1.11. The normalized spacial score (nSPS) is 32.6. The first-order valence-corrected chi connectivity index (χ1v) is 18.2. The van der Waals surface area contributed by atoms with Crippen molar-refractivity contribution in [2.75, 3.05) is 12.4 Å². The fourth-order valence-corrected chi connectivity index (χ4v) is 8.72. The van der Waals surface area contributed by atoms with Gasteiger partial charge in [-0.3, -0.25) is 19.2 Å². The van der Waals surface area contributed by atoms with Crippen LogP contribution in [0.4, 0.5) is 4.79 Å². The summed E-state index contributed by atoms with van der Waals surface area (Å²) in [6, 6.07) is 2.44. The predicted molar refractivity (Wildman–Crippen MR) is 181 cm³/mol. The minimum absolute atomic E-state index is 0.0283. The zero-order valence-electron chi connectivity index (χ0n) is 29.8. The number of ether oxygens (including phenoxy) is 3. The number of rotatable bonds is 13. The lowest BCUT2D eigenvalue weighted by Crippen LogP contribution is -2.65. The van der Waals surface area contributed by atoms with Gasteiger partial charge in [0.05, 0.1) is 49.1 Å². The molecule has 2 fully saturated rings. The molecule has 1 amide bonds. The number of nitrogens with one attached hydrogen (secondary N) is 1. The van der Waals surface area contributed by atoms with Crippen LogP contribution >= 0.6 is 11.8 Å².